The molecule has 1 aliphatic heterocycles. The topological polar surface area (TPSA) is 71.2 Å². The Hall–Kier alpha value is -2.83. The van der Waals surface area contributed by atoms with E-state index in [0.29, 0.717) is 18.9 Å². The Morgan fingerprint density at radius 2 is 2.00 bits per heavy atom. The summed E-state index contributed by atoms with van der Waals surface area (Å²) in [6.07, 6.45) is 4.59. The van der Waals surface area contributed by atoms with Gasteiger partial charge in [0.2, 0.25) is 0 Å². The summed E-state index contributed by atoms with van der Waals surface area (Å²) in [5.41, 5.74) is 3.93. The van der Waals surface area contributed by atoms with E-state index in [1.54, 1.807) is 0 Å². The number of benzene rings is 1. The summed E-state index contributed by atoms with van der Waals surface area (Å²) in [7, 11) is 1.93. The SMILES string of the molecule is C.Cc1c2c(O[C@H](C)[C@H]3CCC(=O)O3)cc(-c3cnn(C(C)C)c3)cc2nn1C. The zero-order valence-corrected chi connectivity index (χ0v) is 17.0. The molecule has 1 aliphatic rings. The maximum absolute atomic E-state index is 11.5. The Morgan fingerprint density at radius 3 is 2.62 bits per heavy atom. The lowest BCUT2D eigenvalue weighted by molar-refractivity contribution is -0.144. The van der Waals surface area contributed by atoms with E-state index in [0.717, 1.165) is 33.5 Å². The quantitative estimate of drug-likeness (QED) is 0.595. The highest BCUT2D eigenvalue weighted by Crippen LogP contribution is 2.35. The van der Waals surface area contributed by atoms with Gasteiger partial charge in [-0.05, 0) is 51.8 Å². The molecule has 4 rings (SSSR count). The fraction of sp³-hybridized carbons (Fsp3) is 0.500. The molecule has 29 heavy (non-hydrogen) atoms. The first-order valence-corrected chi connectivity index (χ1v) is 9.71. The lowest BCUT2D eigenvalue weighted by atomic mass is 10.1. The zero-order chi connectivity index (χ0) is 20.0. The van der Waals surface area contributed by atoms with Crippen molar-refractivity contribution in [1.82, 2.24) is 19.6 Å². The number of carbonyl (C=O) groups excluding carboxylic acids is 1. The molecule has 0 saturated carbocycles. The van der Waals surface area contributed by atoms with Crippen LogP contribution >= 0.6 is 0 Å². The first-order valence-electron chi connectivity index (χ1n) is 9.71. The second-order valence-corrected chi connectivity index (χ2v) is 7.77. The van der Waals surface area contributed by atoms with Crippen LogP contribution in [0.2, 0.25) is 0 Å². The lowest BCUT2D eigenvalue weighted by Gasteiger charge is -2.21. The van der Waals surface area contributed by atoms with Gasteiger partial charge >= 0.3 is 5.97 Å². The van der Waals surface area contributed by atoms with E-state index in [1.807, 2.05) is 48.7 Å². The van der Waals surface area contributed by atoms with E-state index in [1.165, 1.54) is 0 Å². The number of carbonyl (C=O) groups is 1. The minimum Gasteiger partial charge on any atom is -0.486 e. The Balaban J connectivity index is 0.00000240. The van der Waals surface area contributed by atoms with Gasteiger partial charge in [0.05, 0.1) is 17.1 Å². The molecular weight excluding hydrogens is 368 g/mol. The highest BCUT2D eigenvalue weighted by molar-refractivity contribution is 5.92. The van der Waals surface area contributed by atoms with Gasteiger partial charge in [0.15, 0.2) is 0 Å². The molecule has 1 fully saturated rings. The van der Waals surface area contributed by atoms with Gasteiger partial charge in [0, 0.05) is 37.0 Å². The summed E-state index contributed by atoms with van der Waals surface area (Å²) < 4.78 is 15.5. The third-order valence-electron chi connectivity index (χ3n) is 5.40. The molecule has 0 unspecified atom stereocenters. The monoisotopic (exact) mass is 398 g/mol. The highest BCUT2D eigenvalue weighted by atomic mass is 16.6. The van der Waals surface area contributed by atoms with Crippen LogP contribution in [0.4, 0.5) is 0 Å². The third kappa shape index (κ3) is 3.86. The van der Waals surface area contributed by atoms with Gasteiger partial charge in [0.25, 0.3) is 0 Å². The van der Waals surface area contributed by atoms with Crippen molar-refractivity contribution in [3.63, 3.8) is 0 Å². The molecule has 2 aromatic heterocycles. The summed E-state index contributed by atoms with van der Waals surface area (Å²) in [5.74, 6) is 0.601. The number of esters is 1. The lowest BCUT2D eigenvalue weighted by Crippen LogP contribution is -2.28. The van der Waals surface area contributed by atoms with Crippen LogP contribution in [0.15, 0.2) is 24.5 Å². The second kappa shape index (κ2) is 7.89. The molecule has 2 atom stereocenters. The molecule has 3 heterocycles. The molecule has 1 aromatic carbocycles. The largest absolute Gasteiger partial charge is 0.486 e. The minimum atomic E-state index is -0.233. The van der Waals surface area contributed by atoms with E-state index < -0.39 is 0 Å². The van der Waals surface area contributed by atoms with E-state index in [2.05, 4.69) is 30.1 Å². The molecule has 0 bridgehead atoms. The van der Waals surface area contributed by atoms with Gasteiger partial charge in [-0.2, -0.15) is 10.2 Å². The second-order valence-electron chi connectivity index (χ2n) is 7.77. The van der Waals surface area contributed by atoms with Crippen LogP contribution in [-0.2, 0) is 16.6 Å². The van der Waals surface area contributed by atoms with Crippen molar-refractivity contribution in [2.75, 3.05) is 0 Å². The van der Waals surface area contributed by atoms with Gasteiger partial charge < -0.3 is 9.47 Å². The molecular formula is C22H30N4O3. The van der Waals surface area contributed by atoms with Crippen molar-refractivity contribution in [2.45, 2.75) is 66.2 Å². The van der Waals surface area contributed by atoms with Gasteiger partial charge in [-0.15, -0.1) is 0 Å². The minimum absolute atomic E-state index is 0. The predicted octanol–water partition coefficient (Wildman–Crippen LogP) is 4.44. The summed E-state index contributed by atoms with van der Waals surface area (Å²) in [5, 5.41) is 10.1. The van der Waals surface area contributed by atoms with Crippen LogP contribution < -0.4 is 4.74 Å². The van der Waals surface area contributed by atoms with Crippen molar-refractivity contribution in [3.8, 4) is 16.9 Å². The van der Waals surface area contributed by atoms with Crippen LogP contribution in [0.25, 0.3) is 22.0 Å². The van der Waals surface area contributed by atoms with Crippen LogP contribution in [0.5, 0.6) is 5.75 Å². The molecule has 1 saturated heterocycles. The summed E-state index contributed by atoms with van der Waals surface area (Å²) >= 11 is 0. The van der Waals surface area contributed by atoms with Crippen molar-refractivity contribution in [2.24, 2.45) is 7.05 Å². The van der Waals surface area contributed by atoms with Crippen molar-refractivity contribution in [1.29, 1.82) is 0 Å². The molecule has 156 valence electrons. The predicted molar refractivity (Wildman–Crippen MR) is 113 cm³/mol. The Labute approximate surface area is 171 Å². The molecule has 7 heteroatoms. The Kier molecular flexibility index (Phi) is 5.68. The number of hydrogen-bond donors (Lipinski definition) is 0. The van der Waals surface area contributed by atoms with Gasteiger partial charge in [-0.25, -0.2) is 0 Å². The first-order chi connectivity index (χ1) is 13.3. The maximum atomic E-state index is 11.5. The highest BCUT2D eigenvalue weighted by Gasteiger charge is 2.30. The van der Waals surface area contributed by atoms with E-state index in [9.17, 15) is 4.79 Å². The summed E-state index contributed by atoms with van der Waals surface area (Å²) in [6.45, 7) is 8.17. The molecule has 0 spiro atoms. The Morgan fingerprint density at radius 1 is 1.24 bits per heavy atom. The number of cyclic esters (lactones) is 1. The van der Waals surface area contributed by atoms with Crippen molar-refractivity contribution in [3.05, 3.63) is 30.2 Å². The van der Waals surface area contributed by atoms with Crippen molar-refractivity contribution < 1.29 is 14.3 Å². The zero-order valence-electron chi connectivity index (χ0n) is 17.0. The molecule has 0 aliphatic carbocycles. The van der Waals surface area contributed by atoms with E-state index >= 15 is 0 Å². The molecule has 0 amide bonds. The number of rotatable bonds is 5. The van der Waals surface area contributed by atoms with Crippen LogP contribution in [0.3, 0.4) is 0 Å². The third-order valence-corrected chi connectivity index (χ3v) is 5.40. The normalized spacial score (nSPS) is 17.4. The standard InChI is InChI=1S/C21H26N4O3.CH4/c1-12(2)25-11-16(10-22-25)15-8-17-21(13(3)24(5)23-17)19(9-15)27-14(4)18-6-7-20(26)28-18;/h8-12,14,18H,6-7H2,1-5H3;1H4/t14-,18-;/m1./s1. The van der Waals surface area contributed by atoms with Crippen LogP contribution in [-0.4, -0.2) is 37.7 Å². The number of aryl methyl sites for hydroxylation is 2. The average Bonchev–Trinajstić information content (AvgIpc) is 3.35. The molecule has 0 N–H and O–H groups in total. The summed E-state index contributed by atoms with van der Waals surface area (Å²) in [6, 6.07) is 4.39. The van der Waals surface area contributed by atoms with Crippen LogP contribution in [0, 0.1) is 6.92 Å². The smallest absolute Gasteiger partial charge is 0.306 e. The fourth-order valence-corrected chi connectivity index (χ4v) is 3.62. The number of nitrogens with zero attached hydrogens (tertiary/aromatic N) is 4. The van der Waals surface area contributed by atoms with Crippen LogP contribution in [0.1, 0.15) is 52.8 Å². The summed E-state index contributed by atoms with van der Waals surface area (Å²) in [4.78, 5) is 11.5. The first kappa shape index (κ1) is 20.9. The Bertz CT molecular complexity index is 1030. The van der Waals surface area contributed by atoms with Crippen molar-refractivity contribution >= 4 is 16.9 Å². The fourth-order valence-electron chi connectivity index (χ4n) is 3.62. The number of ether oxygens (including phenoxy) is 2. The van der Waals surface area contributed by atoms with E-state index in [4.69, 9.17) is 9.47 Å². The molecule has 3 aromatic rings. The number of hydrogen-bond acceptors (Lipinski definition) is 5. The van der Waals surface area contributed by atoms with Gasteiger partial charge in [0.1, 0.15) is 18.0 Å². The molecule has 0 radical (unpaired) electrons. The molecule has 7 nitrogen and oxygen atoms in total. The van der Waals surface area contributed by atoms with E-state index in [-0.39, 0.29) is 25.6 Å². The van der Waals surface area contributed by atoms with Gasteiger partial charge in [-0.1, -0.05) is 7.43 Å². The number of fused-ring (bicyclic) bond motifs is 1. The maximum Gasteiger partial charge on any atom is 0.306 e. The average molecular weight is 399 g/mol. The van der Waals surface area contributed by atoms with Gasteiger partial charge in [-0.3, -0.25) is 14.2 Å². The number of aromatic nitrogens is 4.